The van der Waals surface area contributed by atoms with Crippen LogP contribution in [0.1, 0.15) is 26.3 Å². The van der Waals surface area contributed by atoms with Gasteiger partial charge in [-0.2, -0.15) is 0 Å². The van der Waals surface area contributed by atoms with Crippen molar-refractivity contribution in [3.8, 4) is 11.8 Å². The highest BCUT2D eigenvalue weighted by Crippen LogP contribution is 2.12. The lowest BCUT2D eigenvalue weighted by Crippen LogP contribution is -2.50. The van der Waals surface area contributed by atoms with E-state index in [2.05, 4.69) is 16.7 Å². The van der Waals surface area contributed by atoms with E-state index in [-0.39, 0.29) is 6.09 Å². The smallest absolute Gasteiger partial charge is 0.410 e. The molecule has 1 fully saturated rings. The lowest BCUT2D eigenvalue weighted by molar-refractivity contribution is 0.0155. The van der Waals surface area contributed by atoms with Crippen LogP contribution in [-0.4, -0.2) is 54.2 Å². The largest absolute Gasteiger partial charge is 0.444 e. The third-order valence-electron chi connectivity index (χ3n) is 3.38. The van der Waals surface area contributed by atoms with Crippen LogP contribution in [0.4, 0.5) is 4.79 Å². The van der Waals surface area contributed by atoms with Crippen molar-refractivity contribution in [2.75, 3.05) is 32.7 Å². The zero-order valence-electron chi connectivity index (χ0n) is 13.9. The number of hydrogen-bond acceptors (Lipinski definition) is 3. The van der Waals surface area contributed by atoms with Gasteiger partial charge < -0.3 is 9.64 Å². The minimum atomic E-state index is -0.448. The van der Waals surface area contributed by atoms with Crippen LogP contribution in [0.15, 0.2) is 24.3 Å². The third kappa shape index (κ3) is 6.13. The number of carbonyl (C=O) groups excluding carboxylic acids is 1. The molecule has 0 radical (unpaired) electrons. The summed E-state index contributed by atoms with van der Waals surface area (Å²) in [6.07, 6.45) is -0.234. The summed E-state index contributed by atoms with van der Waals surface area (Å²) in [7, 11) is 0. The fraction of sp³-hybridized carbons (Fsp3) is 0.500. The Morgan fingerprint density at radius 2 is 1.96 bits per heavy atom. The Kier molecular flexibility index (Phi) is 5.92. The van der Waals surface area contributed by atoms with Gasteiger partial charge in [0.2, 0.25) is 0 Å². The Hall–Kier alpha value is -1.70. The molecule has 1 aliphatic rings. The standard InChI is InChI=1S/C18H23ClN2O2/c1-18(2,3)23-17(22)21-12-10-20(11-13-21)9-5-7-15-6-4-8-16(19)14-15/h4,6,8,14H,9-13H2,1-3H3. The van der Waals surface area contributed by atoms with E-state index in [4.69, 9.17) is 16.3 Å². The van der Waals surface area contributed by atoms with Gasteiger partial charge in [0.05, 0.1) is 6.54 Å². The van der Waals surface area contributed by atoms with Gasteiger partial charge in [0, 0.05) is 36.8 Å². The normalized spacial score (nSPS) is 15.7. The van der Waals surface area contributed by atoms with Crippen molar-refractivity contribution in [1.29, 1.82) is 0 Å². The van der Waals surface area contributed by atoms with Gasteiger partial charge in [-0.3, -0.25) is 4.90 Å². The first-order valence-corrected chi connectivity index (χ1v) is 8.16. The molecule has 0 aromatic heterocycles. The van der Waals surface area contributed by atoms with E-state index in [0.29, 0.717) is 24.7 Å². The van der Waals surface area contributed by atoms with Crippen LogP contribution >= 0.6 is 11.6 Å². The molecule has 0 atom stereocenters. The highest BCUT2D eigenvalue weighted by molar-refractivity contribution is 6.30. The summed E-state index contributed by atoms with van der Waals surface area (Å²) < 4.78 is 5.39. The van der Waals surface area contributed by atoms with Gasteiger partial charge in [0.25, 0.3) is 0 Å². The number of carbonyl (C=O) groups is 1. The first-order valence-electron chi connectivity index (χ1n) is 7.78. The minimum absolute atomic E-state index is 0.234. The van der Waals surface area contributed by atoms with Gasteiger partial charge in [-0.1, -0.05) is 29.5 Å². The van der Waals surface area contributed by atoms with Crippen molar-refractivity contribution in [3.63, 3.8) is 0 Å². The molecule has 1 aromatic carbocycles. The molecule has 5 heteroatoms. The molecule has 0 bridgehead atoms. The summed E-state index contributed by atoms with van der Waals surface area (Å²) in [6, 6.07) is 7.53. The summed E-state index contributed by atoms with van der Waals surface area (Å²) in [5.41, 5.74) is 0.473. The van der Waals surface area contributed by atoms with Crippen LogP contribution in [0.3, 0.4) is 0 Å². The van der Waals surface area contributed by atoms with E-state index in [1.807, 2.05) is 45.0 Å². The van der Waals surface area contributed by atoms with Crippen LogP contribution in [0, 0.1) is 11.8 Å². The molecule has 1 aliphatic heterocycles. The van der Waals surface area contributed by atoms with Crippen molar-refractivity contribution in [3.05, 3.63) is 34.9 Å². The maximum atomic E-state index is 12.0. The molecule has 2 rings (SSSR count). The highest BCUT2D eigenvalue weighted by atomic mass is 35.5. The van der Waals surface area contributed by atoms with Crippen molar-refractivity contribution >= 4 is 17.7 Å². The molecule has 1 saturated heterocycles. The summed E-state index contributed by atoms with van der Waals surface area (Å²) in [6.45, 7) is 9.30. The van der Waals surface area contributed by atoms with Crippen LogP contribution in [0.5, 0.6) is 0 Å². The molecule has 0 saturated carbocycles. The van der Waals surface area contributed by atoms with Crippen LogP contribution in [-0.2, 0) is 4.74 Å². The molecule has 0 N–H and O–H groups in total. The Balaban J connectivity index is 1.78. The van der Waals surface area contributed by atoms with Crippen LogP contribution in [0.2, 0.25) is 5.02 Å². The lowest BCUT2D eigenvalue weighted by Gasteiger charge is -2.34. The van der Waals surface area contributed by atoms with E-state index >= 15 is 0 Å². The second-order valence-corrected chi connectivity index (χ2v) is 6.99. The van der Waals surface area contributed by atoms with Crippen LogP contribution in [0.25, 0.3) is 0 Å². The maximum absolute atomic E-state index is 12.0. The Labute approximate surface area is 143 Å². The summed E-state index contributed by atoms with van der Waals surface area (Å²) in [5, 5.41) is 0.697. The Morgan fingerprint density at radius 1 is 1.26 bits per heavy atom. The van der Waals surface area contributed by atoms with E-state index in [1.165, 1.54) is 0 Å². The van der Waals surface area contributed by atoms with Gasteiger partial charge >= 0.3 is 6.09 Å². The van der Waals surface area contributed by atoms with Crippen molar-refractivity contribution in [2.45, 2.75) is 26.4 Å². The first kappa shape index (κ1) is 17.7. The predicted octanol–water partition coefficient (Wildman–Crippen LogP) is 3.24. The number of nitrogens with zero attached hydrogens (tertiary/aromatic N) is 2. The van der Waals surface area contributed by atoms with Gasteiger partial charge in [-0.05, 0) is 39.0 Å². The molecule has 1 heterocycles. The quantitative estimate of drug-likeness (QED) is 0.739. The molecule has 1 amide bonds. The highest BCUT2D eigenvalue weighted by Gasteiger charge is 2.25. The van der Waals surface area contributed by atoms with E-state index < -0.39 is 5.60 Å². The molecule has 23 heavy (non-hydrogen) atoms. The number of halogens is 1. The molecule has 0 spiro atoms. The molecule has 0 unspecified atom stereocenters. The van der Waals surface area contributed by atoms with E-state index in [9.17, 15) is 4.79 Å². The number of ether oxygens (including phenoxy) is 1. The number of piperazine rings is 1. The first-order chi connectivity index (χ1) is 10.8. The van der Waals surface area contributed by atoms with Crippen molar-refractivity contribution < 1.29 is 9.53 Å². The summed E-state index contributed by atoms with van der Waals surface area (Å²) >= 11 is 5.94. The summed E-state index contributed by atoms with van der Waals surface area (Å²) in [4.78, 5) is 16.0. The fourth-order valence-electron chi connectivity index (χ4n) is 2.23. The molecule has 124 valence electrons. The lowest BCUT2D eigenvalue weighted by atomic mass is 10.2. The Bertz CT molecular complexity index is 605. The molecular weight excluding hydrogens is 312 g/mol. The molecule has 4 nitrogen and oxygen atoms in total. The second kappa shape index (κ2) is 7.72. The average Bonchev–Trinajstić information content (AvgIpc) is 2.46. The summed E-state index contributed by atoms with van der Waals surface area (Å²) in [5.74, 6) is 6.28. The number of hydrogen-bond donors (Lipinski definition) is 0. The predicted molar refractivity (Wildman–Crippen MR) is 92.6 cm³/mol. The van der Waals surface area contributed by atoms with Crippen LogP contribution < -0.4 is 0 Å². The maximum Gasteiger partial charge on any atom is 0.410 e. The Morgan fingerprint density at radius 3 is 2.57 bits per heavy atom. The number of rotatable bonds is 1. The SMILES string of the molecule is CC(C)(C)OC(=O)N1CCN(CC#Cc2cccc(Cl)c2)CC1. The van der Waals surface area contributed by atoms with Gasteiger partial charge in [-0.25, -0.2) is 4.79 Å². The molecule has 0 aliphatic carbocycles. The number of amides is 1. The van der Waals surface area contributed by atoms with E-state index in [0.717, 1.165) is 18.7 Å². The minimum Gasteiger partial charge on any atom is -0.444 e. The van der Waals surface area contributed by atoms with Gasteiger partial charge in [-0.15, -0.1) is 0 Å². The third-order valence-corrected chi connectivity index (χ3v) is 3.62. The van der Waals surface area contributed by atoms with Crippen molar-refractivity contribution in [1.82, 2.24) is 9.80 Å². The zero-order chi connectivity index (χ0) is 16.9. The van der Waals surface area contributed by atoms with Crippen molar-refractivity contribution in [2.24, 2.45) is 0 Å². The number of benzene rings is 1. The monoisotopic (exact) mass is 334 g/mol. The zero-order valence-corrected chi connectivity index (χ0v) is 14.7. The fourth-order valence-corrected chi connectivity index (χ4v) is 2.42. The molecular formula is C18H23ClN2O2. The van der Waals surface area contributed by atoms with Gasteiger partial charge in [0.15, 0.2) is 0 Å². The van der Waals surface area contributed by atoms with Gasteiger partial charge in [0.1, 0.15) is 5.60 Å². The topological polar surface area (TPSA) is 32.8 Å². The van der Waals surface area contributed by atoms with E-state index in [1.54, 1.807) is 4.90 Å². The average molecular weight is 335 g/mol. The second-order valence-electron chi connectivity index (χ2n) is 6.56. The molecule has 1 aromatic rings.